The number of allylic oxidation sites excluding steroid dienone is 4. The highest BCUT2D eigenvalue weighted by Crippen LogP contribution is 2.41. The molecule has 3 N–H and O–H groups in total. The summed E-state index contributed by atoms with van der Waals surface area (Å²) in [6, 6.07) is 25.7. The van der Waals surface area contributed by atoms with E-state index in [1.807, 2.05) is 31.3 Å². The molecule has 0 atom stereocenters. The summed E-state index contributed by atoms with van der Waals surface area (Å²) in [5.41, 5.74) is 17.1. The maximum atomic E-state index is 13.4. The van der Waals surface area contributed by atoms with E-state index in [0.29, 0.717) is 24.2 Å². The lowest BCUT2D eigenvalue weighted by Gasteiger charge is -2.27. The Kier molecular flexibility index (Phi) is 14.6. The van der Waals surface area contributed by atoms with Crippen LogP contribution in [0, 0.1) is 0 Å². The van der Waals surface area contributed by atoms with E-state index < -0.39 is 0 Å². The summed E-state index contributed by atoms with van der Waals surface area (Å²) in [7, 11) is 7.47. The molecule has 2 amide bonds. The lowest BCUT2D eigenvalue weighted by atomic mass is 9.79. The molecule has 0 radical (unpaired) electrons. The Bertz CT molecular complexity index is 3130. The Balaban J connectivity index is 0.729. The van der Waals surface area contributed by atoms with Crippen LogP contribution in [0.25, 0.3) is 46.1 Å². The molecule has 0 saturated carbocycles. The van der Waals surface area contributed by atoms with E-state index in [-0.39, 0.29) is 22.6 Å². The molecule has 3 aliphatic rings. The quantitative estimate of drug-likeness (QED) is 0.0454. The Morgan fingerprint density at radius 3 is 1.86 bits per heavy atom. The molecule has 2 aliphatic carbocycles. The molecule has 3 heterocycles. The third kappa shape index (κ3) is 9.61. The minimum atomic E-state index is -0.278. The zero-order valence-corrected chi connectivity index (χ0v) is 43.9. The van der Waals surface area contributed by atoms with Crippen molar-refractivity contribution >= 4 is 96.6 Å². The molecule has 9 rings (SSSR count). The average molecular weight is 970 g/mol. The lowest BCUT2D eigenvalue weighted by Crippen LogP contribution is -2.28. The fraction of sp³-hybridized carbons (Fsp3) is 0.350. The van der Waals surface area contributed by atoms with Gasteiger partial charge in [0, 0.05) is 124 Å². The second kappa shape index (κ2) is 20.8. The molecule has 8 nitrogen and oxygen atoms in total. The minimum Gasteiger partial charge on any atom is -0.388 e. The summed E-state index contributed by atoms with van der Waals surface area (Å²) >= 11 is 0. The summed E-state index contributed by atoms with van der Waals surface area (Å²) in [5, 5.41) is 12.3. The van der Waals surface area contributed by atoms with Crippen molar-refractivity contribution in [3.8, 4) is 0 Å². The van der Waals surface area contributed by atoms with Crippen LogP contribution in [0.1, 0.15) is 126 Å². The number of nitrogens with one attached hydrogen (secondary N) is 3. The van der Waals surface area contributed by atoms with Gasteiger partial charge in [-0.3, -0.25) is 9.59 Å². The molecular formula is C60H69N6O2S2+. The van der Waals surface area contributed by atoms with Crippen molar-refractivity contribution < 1.29 is 14.2 Å². The molecule has 0 bridgehead atoms. The first-order chi connectivity index (χ1) is 33.8. The van der Waals surface area contributed by atoms with Crippen molar-refractivity contribution in [2.75, 3.05) is 44.0 Å². The molecule has 1 aliphatic heterocycles. The van der Waals surface area contributed by atoms with Crippen molar-refractivity contribution in [1.82, 2.24) is 19.8 Å². The largest absolute Gasteiger partial charge is 0.388 e. The summed E-state index contributed by atoms with van der Waals surface area (Å²) in [6.45, 7) is 16.5. The van der Waals surface area contributed by atoms with Crippen molar-refractivity contribution in [1.29, 1.82) is 0 Å². The molecular weight excluding hydrogens is 901 g/mol. The molecule has 362 valence electrons. The van der Waals surface area contributed by atoms with Crippen molar-refractivity contribution in [2.45, 2.75) is 97.6 Å². The number of anilines is 1. The highest BCUT2D eigenvalue weighted by atomic mass is 33.1. The van der Waals surface area contributed by atoms with Crippen LogP contribution in [-0.4, -0.2) is 69.9 Å². The molecule has 0 unspecified atom stereocenters. The van der Waals surface area contributed by atoms with Gasteiger partial charge in [-0.15, -0.1) is 0 Å². The number of benzene rings is 4. The first kappa shape index (κ1) is 49.0. The van der Waals surface area contributed by atoms with E-state index in [9.17, 15) is 9.59 Å². The molecule has 0 fully saturated rings. The fourth-order valence-electron chi connectivity index (χ4n) is 11.0. The first-order valence-electron chi connectivity index (χ1n) is 25.2. The smallest absolute Gasteiger partial charge is 0.251 e. The number of fused-ring (bicyclic) bond motifs is 7. The zero-order valence-electron chi connectivity index (χ0n) is 42.3. The van der Waals surface area contributed by atoms with Gasteiger partial charge in [0.05, 0.1) is 5.41 Å². The number of aromatic nitrogens is 2. The lowest BCUT2D eigenvalue weighted by molar-refractivity contribution is -0.401. The number of aryl methyl sites for hydroxylation is 2. The number of hydrogen-bond donors (Lipinski definition) is 3. The topological polar surface area (TPSA) is 83.1 Å². The number of carbonyl (C=O) groups excluding carboxylic acids is 2. The number of nitrogens with zero attached hydrogens (tertiary/aromatic N) is 3. The van der Waals surface area contributed by atoms with Gasteiger partial charge in [-0.1, -0.05) is 84.0 Å². The van der Waals surface area contributed by atoms with E-state index in [2.05, 4.69) is 175 Å². The first-order valence-corrected chi connectivity index (χ1v) is 27.7. The van der Waals surface area contributed by atoms with Gasteiger partial charge in [0.15, 0.2) is 5.71 Å². The predicted octanol–water partition coefficient (Wildman–Crippen LogP) is 13.2. The van der Waals surface area contributed by atoms with E-state index in [1.54, 1.807) is 21.6 Å². The third-order valence-electron chi connectivity index (χ3n) is 14.7. The molecule has 10 heteroatoms. The van der Waals surface area contributed by atoms with Crippen LogP contribution >= 0.6 is 21.6 Å². The molecule has 70 heavy (non-hydrogen) atoms. The van der Waals surface area contributed by atoms with Crippen molar-refractivity contribution in [3.63, 3.8) is 0 Å². The highest BCUT2D eigenvalue weighted by molar-refractivity contribution is 8.76. The van der Waals surface area contributed by atoms with E-state index in [0.717, 1.165) is 79.2 Å². The van der Waals surface area contributed by atoms with Crippen LogP contribution < -0.4 is 16.0 Å². The number of rotatable bonds is 18. The van der Waals surface area contributed by atoms with E-state index >= 15 is 0 Å². The predicted molar refractivity (Wildman–Crippen MR) is 302 cm³/mol. The normalized spacial score (nSPS) is 15.1. The van der Waals surface area contributed by atoms with Gasteiger partial charge in [0.1, 0.15) is 7.05 Å². The average Bonchev–Trinajstić information content (AvgIpc) is 3.94. The molecule has 6 aromatic rings. The second-order valence-electron chi connectivity index (χ2n) is 19.9. The number of amides is 2. The third-order valence-corrected chi connectivity index (χ3v) is 17.2. The van der Waals surface area contributed by atoms with Gasteiger partial charge < -0.3 is 25.1 Å². The Morgan fingerprint density at radius 2 is 1.29 bits per heavy atom. The highest BCUT2D eigenvalue weighted by Gasteiger charge is 2.43. The molecule has 0 spiro atoms. The van der Waals surface area contributed by atoms with Gasteiger partial charge in [0.25, 0.3) is 11.8 Å². The molecule has 0 saturated heterocycles. The maximum absolute atomic E-state index is 13.4. The second-order valence-corrected chi connectivity index (χ2v) is 22.6. The van der Waals surface area contributed by atoms with E-state index in [4.69, 9.17) is 0 Å². The minimum absolute atomic E-state index is 0.0632. The van der Waals surface area contributed by atoms with Crippen LogP contribution in [0.15, 0.2) is 97.1 Å². The van der Waals surface area contributed by atoms with Crippen LogP contribution in [0.2, 0.25) is 0 Å². The Labute approximate surface area is 422 Å². The summed E-state index contributed by atoms with van der Waals surface area (Å²) in [4.78, 5) is 26.8. The molecule has 2 aromatic heterocycles. The van der Waals surface area contributed by atoms with Gasteiger partial charge in [-0.2, -0.15) is 4.58 Å². The van der Waals surface area contributed by atoms with Crippen molar-refractivity contribution in [3.05, 3.63) is 153 Å². The van der Waals surface area contributed by atoms with Crippen molar-refractivity contribution in [2.24, 2.45) is 0 Å². The van der Waals surface area contributed by atoms with Gasteiger partial charge in [0.2, 0.25) is 5.69 Å². The van der Waals surface area contributed by atoms with Crippen LogP contribution in [-0.2, 0) is 36.8 Å². The zero-order chi connectivity index (χ0) is 49.2. The summed E-state index contributed by atoms with van der Waals surface area (Å²) in [5.74, 6) is 1.39. The maximum Gasteiger partial charge on any atom is 0.251 e. The number of carbonyl (C=O) groups is 2. The summed E-state index contributed by atoms with van der Waals surface area (Å²) < 4.78 is 7.19. The Morgan fingerprint density at radius 1 is 0.729 bits per heavy atom. The fourth-order valence-corrected chi connectivity index (χ4v) is 12.8. The number of hydrogen-bond acceptors (Lipinski definition) is 5. The van der Waals surface area contributed by atoms with E-state index in [1.165, 1.54) is 61.2 Å². The van der Waals surface area contributed by atoms with Gasteiger partial charge in [-0.05, 0) is 143 Å². The SMILES string of the molecule is CCn1c2c(c3cc(/C=C/CC(C)(C)c4cc(C(=O)NCCSSCCNC(=O)c5ccc6c(c5)C(C)(C)C(/C=C/c5ccc7c(c5)c5c(n7CC)CCC=C5)=[N+]6C)ccc4NC)ccc31)C=CCC2. The monoisotopic (exact) mass is 969 g/mol. The van der Waals surface area contributed by atoms with Crippen LogP contribution in [0.5, 0.6) is 0 Å². The molecule has 4 aromatic carbocycles. The van der Waals surface area contributed by atoms with Crippen LogP contribution in [0.4, 0.5) is 11.4 Å². The van der Waals surface area contributed by atoms with Crippen LogP contribution in [0.3, 0.4) is 0 Å². The standard InChI is InChI=1S/C60H68N6O2S2/c1-9-65-51-19-13-11-17-44(51)46-36-40(21-27-53(46)65)16-15-31-59(3,4)48-38-42(24-26-50(48)61-7)57(67)62-32-34-69-70-35-33-63-58(68)43-25-29-55-49(39-43)60(5,6)56(64(55)8)30-23-41-22-28-54-47(37-41)45-18-12-14-20-52(45)66(54)10-2/h11-12,15-18,21-30,36-39H,9-10,13-14,19-20,31-35H2,1-8H3,(H2-,61,62,63,67,68)/p+1/b16-15+. The summed E-state index contributed by atoms with van der Waals surface area (Å²) in [6.07, 6.45) is 23.4. The Hall–Kier alpha value is -5.97. The van der Waals surface area contributed by atoms with Gasteiger partial charge in [-0.25, -0.2) is 0 Å². The van der Waals surface area contributed by atoms with Gasteiger partial charge >= 0.3 is 0 Å².